The van der Waals surface area contributed by atoms with Gasteiger partial charge < -0.3 is 26.0 Å². The average molecular weight is 613 g/mol. The largest absolute Gasteiger partial charge is 0.461 e. The van der Waals surface area contributed by atoms with Gasteiger partial charge in [-0.2, -0.15) is 9.97 Å². The Kier molecular flexibility index (Phi) is 6.24. The number of thiazole rings is 1. The Labute approximate surface area is 250 Å². The number of piperazine rings is 1. The number of benzene rings is 2. The maximum Gasteiger partial charge on any atom is 0.319 e. The van der Waals surface area contributed by atoms with E-state index in [9.17, 15) is 4.39 Å². The van der Waals surface area contributed by atoms with E-state index in [0.717, 1.165) is 69.7 Å². The van der Waals surface area contributed by atoms with Crippen LogP contribution in [0.4, 0.5) is 19.7 Å². The molecule has 6 heterocycles. The van der Waals surface area contributed by atoms with E-state index < -0.39 is 11.6 Å². The zero-order chi connectivity index (χ0) is 28.6. The van der Waals surface area contributed by atoms with Crippen molar-refractivity contribution in [3.8, 4) is 17.1 Å². The molecule has 4 fully saturated rings. The van der Waals surface area contributed by atoms with Gasteiger partial charge >= 0.3 is 6.01 Å². The minimum atomic E-state index is -0.625. The van der Waals surface area contributed by atoms with Crippen molar-refractivity contribution in [1.82, 2.24) is 30.5 Å². The first-order valence-corrected chi connectivity index (χ1v) is 15.7. The van der Waals surface area contributed by atoms with Crippen LogP contribution in [0.25, 0.3) is 32.2 Å². The van der Waals surface area contributed by atoms with Crippen LogP contribution in [0.2, 0.25) is 5.02 Å². The van der Waals surface area contributed by atoms with Crippen LogP contribution in [0.1, 0.15) is 25.7 Å². The fraction of sp³-hybridized carbons (Fsp3) is 0.483. The second kappa shape index (κ2) is 9.81. The lowest BCUT2D eigenvalue weighted by atomic mass is 9.87. The molecule has 4 aromatic rings. The standard InChI is InChI=1S/C29H31ClF2N8OS/c30-18-11-17-22(21(32)20(18)16-3-4-19(31)24-23(16)36-26(33)42-24)37-27(41-15-29-5-1-9-40(29)10-2-6-29)38-25(17)39-13-28(14-39)12-34-7-8-35-28/h3-4,11,34-35H,1-2,5-10,12-15H2,(H2,33,36). The Balaban J connectivity index is 1.24. The molecule has 0 aliphatic carbocycles. The van der Waals surface area contributed by atoms with E-state index in [0.29, 0.717) is 36.5 Å². The zero-order valence-electron chi connectivity index (χ0n) is 23.0. The smallest absolute Gasteiger partial charge is 0.319 e. The SMILES string of the molecule is Nc1nc2c(-c3c(Cl)cc4c(N5CC6(CNCCN6)C5)nc(OCC56CCCN5CCC6)nc4c3F)ccc(F)c2s1. The molecule has 13 heteroatoms. The number of ether oxygens (including phenoxy) is 1. The summed E-state index contributed by atoms with van der Waals surface area (Å²) >= 11 is 7.81. The van der Waals surface area contributed by atoms with Gasteiger partial charge in [0.15, 0.2) is 10.9 Å². The highest BCUT2D eigenvalue weighted by atomic mass is 35.5. The number of nitrogens with one attached hydrogen (secondary N) is 2. The molecule has 2 aromatic carbocycles. The van der Waals surface area contributed by atoms with Crippen LogP contribution in [0, 0.1) is 11.6 Å². The summed E-state index contributed by atoms with van der Waals surface area (Å²) in [6, 6.07) is 4.62. The van der Waals surface area contributed by atoms with Gasteiger partial charge in [0.05, 0.1) is 26.3 Å². The van der Waals surface area contributed by atoms with Crippen LogP contribution in [-0.4, -0.2) is 83.3 Å². The zero-order valence-corrected chi connectivity index (χ0v) is 24.6. The molecule has 4 aliphatic rings. The van der Waals surface area contributed by atoms with E-state index >= 15 is 4.39 Å². The highest BCUT2D eigenvalue weighted by Gasteiger charge is 2.46. The number of rotatable bonds is 5. The molecule has 0 unspecified atom stereocenters. The van der Waals surface area contributed by atoms with Crippen LogP contribution in [0.3, 0.4) is 0 Å². The normalized spacial score (nSPS) is 21.4. The minimum absolute atomic E-state index is 0.00898. The summed E-state index contributed by atoms with van der Waals surface area (Å²) < 4.78 is 37.8. The summed E-state index contributed by atoms with van der Waals surface area (Å²) in [6.45, 7) is 6.71. The maximum absolute atomic E-state index is 16.7. The van der Waals surface area contributed by atoms with Crippen LogP contribution in [-0.2, 0) is 0 Å². The summed E-state index contributed by atoms with van der Waals surface area (Å²) in [6.07, 6.45) is 4.44. The molecule has 8 rings (SSSR count). The number of fused-ring (bicyclic) bond motifs is 3. The van der Waals surface area contributed by atoms with Crippen molar-refractivity contribution in [1.29, 1.82) is 0 Å². The molecule has 220 valence electrons. The molecule has 4 aliphatic heterocycles. The van der Waals surface area contributed by atoms with Crippen molar-refractivity contribution in [3.63, 3.8) is 0 Å². The minimum Gasteiger partial charge on any atom is -0.461 e. The topological polar surface area (TPSA) is 104 Å². The van der Waals surface area contributed by atoms with Crippen molar-refractivity contribution in [2.75, 3.05) is 63.1 Å². The monoisotopic (exact) mass is 612 g/mol. The number of nitrogens with two attached hydrogens (primary N) is 1. The van der Waals surface area contributed by atoms with Crippen LogP contribution >= 0.6 is 22.9 Å². The number of halogens is 3. The van der Waals surface area contributed by atoms with Gasteiger partial charge in [0.1, 0.15) is 23.8 Å². The number of hydrogen-bond acceptors (Lipinski definition) is 10. The van der Waals surface area contributed by atoms with Gasteiger partial charge in [0, 0.05) is 49.2 Å². The summed E-state index contributed by atoms with van der Waals surface area (Å²) in [5.74, 6) is -0.500. The van der Waals surface area contributed by atoms with Crippen molar-refractivity contribution in [3.05, 3.63) is 34.9 Å². The molecular formula is C29H31ClF2N8OS. The second-order valence-corrected chi connectivity index (χ2v) is 13.5. The fourth-order valence-corrected chi connectivity index (χ4v) is 8.49. The number of hydrogen-bond donors (Lipinski definition) is 3. The van der Waals surface area contributed by atoms with E-state index in [1.54, 1.807) is 6.07 Å². The molecular weight excluding hydrogens is 582 g/mol. The number of anilines is 2. The van der Waals surface area contributed by atoms with Crippen molar-refractivity contribution >= 4 is 55.0 Å². The van der Waals surface area contributed by atoms with E-state index in [1.165, 1.54) is 12.1 Å². The predicted molar refractivity (Wildman–Crippen MR) is 162 cm³/mol. The highest BCUT2D eigenvalue weighted by Crippen LogP contribution is 2.44. The Morgan fingerprint density at radius 1 is 1.07 bits per heavy atom. The van der Waals surface area contributed by atoms with Gasteiger partial charge in [-0.25, -0.2) is 13.8 Å². The molecule has 42 heavy (non-hydrogen) atoms. The van der Waals surface area contributed by atoms with Crippen molar-refractivity contribution in [2.45, 2.75) is 36.8 Å². The van der Waals surface area contributed by atoms with Gasteiger partial charge in [-0.3, -0.25) is 4.90 Å². The summed E-state index contributed by atoms with van der Waals surface area (Å²) in [7, 11) is 0. The van der Waals surface area contributed by atoms with Crippen LogP contribution in [0.15, 0.2) is 18.2 Å². The molecule has 0 saturated carbocycles. The maximum atomic E-state index is 16.7. The Morgan fingerprint density at radius 2 is 1.88 bits per heavy atom. The highest BCUT2D eigenvalue weighted by molar-refractivity contribution is 7.22. The molecule has 4 saturated heterocycles. The van der Waals surface area contributed by atoms with E-state index in [-0.39, 0.29) is 48.5 Å². The molecule has 4 N–H and O–H groups in total. The van der Waals surface area contributed by atoms with Gasteiger partial charge in [-0.1, -0.05) is 22.9 Å². The van der Waals surface area contributed by atoms with E-state index in [1.807, 2.05) is 0 Å². The van der Waals surface area contributed by atoms with Crippen LogP contribution in [0.5, 0.6) is 6.01 Å². The summed E-state index contributed by atoms with van der Waals surface area (Å²) in [5, 5.41) is 7.95. The van der Waals surface area contributed by atoms with Gasteiger partial charge in [0.2, 0.25) is 0 Å². The van der Waals surface area contributed by atoms with Gasteiger partial charge in [0.25, 0.3) is 0 Å². The first kappa shape index (κ1) is 26.7. The van der Waals surface area contributed by atoms with Crippen molar-refractivity contribution in [2.24, 2.45) is 0 Å². The molecule has 1 spiro atoms. The average Bonchev–Trinajstić information content (AvgIpc) is 3.66. The lowest BCUT2D eigenvalue weighted by molar-refractivity contribution is 0.107. The quantitative estimate of drug-likeness (QED) is 0.306. The molecule has 0 bridgehead atoms. The molecule has 2 aromatic heterocycles. The Bertz CT molecular complexity index is 1710. The fourth-order valence-electron chi connectivity index (χ4n) is 7.43. The lowest BCUT2D eigenvalue weighted by Crippen LogP contribution is -2.76. The second-order valence-electron chi connectivity index (χ2n) is 12.0. The first-order valence-electron chi connectivity index (χ1n) is 14.5. The Morgan fingerprint density at radius 3 is 2.64 bits per heavy atom. The van der Waals surface area contributed by atoms with Gasteiger partial charge in [-0.15, -0.1) is 0 Å². The Hall–Kier alpha value is -2.90. The van der Waals surface area contributed by atoms with Gasteiger partial charge in [-0.05, 0) is 57.0 Å². The third kappa shape index (κ3) is 4.14. The van der Waals surface area contributed by atoms with E-state index in [2.05, 4.69) is 30.4 Å². The summed E-state index contributed by atoms with van der Waals surface area (Å²) in [5.41, 5.74) is 6.68. The molecule has 0 radical (unpaired) electrons. The summed E-state index contributed by atoms with van der Waals surface area (Å²) in [4.78, 5) is 18.4. The number of nitrogen functional groups attached to an aromatic ring is 1. The van der Waals surface area contributed by atoms with E-state index in [4.69, 9.17) is 27.1 Å². The third-order valence-corrected chi connectivity index (χ3v) is 10.6. The first-order chi connectivity index (χ1) is 20.3. The lowest BCUT2D eigenvalue weighted by Gasteiger charge is -2.53. The van der Waals surface area contributed by atoms with Crippen LogP contribution < -0.4 is 26.0 Å². The number of nitrogens with zero attached hydrogens (tertiary/aromatic N) is 5. The number of aromatic nitrogens is 3. The predicted octanol–water partition coefficient (Wildman–Crippen LogP) is 4.18. The van der Waals surface area contributed by atoms with Crippen molar-refractivity contribution < 1.29 is 13.5 Å². The molecule has 0 atom stereocenters. The molecule has 0 amide bonds. The third-order valence-electron chi connectivity index (χ3n) is 9.46. The molecule has 9 nitrogen and oxygen atoms in total.